The Balaban J connectivity index is 2.27. The molecule has 0 aromatic carbocycles. The Bertz CT molecular complexity index is 284. The lowest BCUT2D eigenvalue weighted by Crippen LogP contribution is -2.41. The van der Waals surface area contributed by atoms with Crippen LogP contribution in [0.3, 0.4) is 0 Å². The minimum absolute atomic E-state index is 0.0462. The summed E-state index contributed by atoms with van der Waals surface area (Å²) in [6, 6.07) is -0.127. The molecule has 0 aromatic heterocycles. The minimum atomic E-state index is -4.31. The quantitative estimate of drug-likeness (QED) is 0.781. The second-order valence-electron chi connectivity index (χ2n) is 4.81. The van der Waals surface area contributed by atoms with Crippen molar-refractivity contribution in [2.75, 3.05) is 13.2 Å². The molecular weight excluding hydrogens is 263 g/mol. The van der Waals surface area contributed by atoms with E-state index in [9.17, 15) is 18.0 Å². The highest BCUT2D eigenvalue weighted by Crippen LogP contribution is 2.24. The zero-order valence-corrected chi connectivity index (χ0v) is 10.7. The van der Waals surface area contributed by atoms with Gasteiger partial charge in [-0.25, -0.2) is 0 Å². The number of carbonyl (C=O) groups excluding carboxylic acids is 1. The Labute approximate surface area is 110 Å². The van der Waals surface area contributed by atoms with Crippen molar-refractivity contribution >= 4 is 5.91 Å². The Hall–Kier alpha value is -0.820. The molecule has 1 aliphatic carbocycles. The van der Waals surface area contributed by atoms with Crippen molar-refractivity contribution in [3.05, 3.63) is 0 Å². The van der Waals surface area contributed by atoms with E-state index in [4.69, 9.17) is 9.84 Å². The van der Waals surface area contributed by atoms with E-state index in [-0.39, 0.29) is 25.0 Å². The fraction of sp³-hybridized carbons (Fsp3) is 0.917. The number of nitrogens with one attached hydrogen (secondary N) is 1. The minimum Gasteiger partial charge on any atom is -0.396 e. The van der Waals surface area contributed by atoms with Crippen molar-refractivity contribution in [3.63, 3.8) is 0 Å². The second-order valence-corrected chi connectivity index (χ2v) is 4.81. The summed E-state index contributed by atoms with van der Waals surface area (Å²) in [5.74, 6) is -0.171. The van der Waals surface area contributed by atoms with Crippen molar-refractivity contribution in [3.8, 4) is 0 Å². The van der Waals surface area contributed by atoms with Gasteiger partial charge in [-0.1, -0.05) is 0 Å². The Morgan fingerprint density at radius 3 is 2.74 bits per heavy atom. The van der Waals surface area contributed by atoms with E-state index in [1.807, 2.05) is 0 Å². The summed E-state index contributed by atoms with van der Waals surface area (Å²) < 4.78 is 40.9. The number of hydrogen-bond donors (Lipinski definition) is 2. The maximum absolute atomic E-state index is 12.0. The summed E-state index contributed by atoms with van der Waals surface area (Å²) in [6.07, 6.45) is -1.60. The molecule has 1 fully saturated rings. The van der Waals surface area contributed by atoms with Crippen molar-refractivity contribution in [1.29, 1.82) is 0 Å². The summed E-state index contributed by atoms with van der Waals surface area (Å²) in [6.45, 7) is -1.28. The van der Waals surface area contributed by atoms with Crippen LogP contribution in [0.1, 0.15) is 38.5 Å². The third-order valence-electron chi connectivity index (χ3n) is 3.04. The highest BCUT2D eigenvalue weighted by Gasteiger charge is 2.31. The molecule has 112 valence electrons. The van der Waals surface area contributed by atoms with E-state index in [0.717, 1.165) is 12.8 Å². The standard InChI is InChI=1S/C12H20F3NO3/c13-12(14,15)8-19-10-4-1-3-9(7-10)16-11(18)5-2-6-17/h9-10,17H,1-8H2,(H,16,18). The number of halogens is 3. The van der Waals surface area contributed by atoms with E-state index < -0.39 is 18.9 Å². The topological polar surface area (TPSA) is 58.6 Å². The van der Waals surface area contributed by atoms with Crippen LogP contribution in [0.4, 0.5) is 13.2 Å². The average Bonchev–Trinajstić information content (AvgIpc) is 2.33. The van der Waals surface area contributed by atoms with E-state index in [0.29, 0.717) is 19.3 Å². The number of aliphatic hydroxyl groups excluding tert-OH is 1. The smallest absolute Gasteiger partial charge is 0.396 e. The van der Waals surface area contributed by atoms with Crippen LogP contribution < -0.4 is 5.32 Å². The fourth-order valence-corrected chi connectivity index (χ4v) is 2.18. The summed E-state index contributed by atoms with van der Waals surface area (Å²) in [5.41, 5.74) is 0. The third kappa shape index (κ3) is 7.37. The number of alkyl halides is 3. The number of rotatable bonds is 6. The van der Waals surface area contributed by atoms with Crippen LogP contribution >= 0.6 is 0 Å². The Kier molecular flexibility index (Phi) is 6.57. The molecule has 1 amide bonds. The van der Waals surface area contributed by atoms with Crippen molar-refractivity contribution in [2.45, 2.75) is 56.8 Å². The molecular formula is C12H20F3NO3. The largest absolute Gasteiger partial charge is 0.411 e. The Morgan fingerprint density at radius 1 is 1.37 bits per heavy atom. The maximum atomic E-state index is 12.0. The normalized spacial score (nSPS) is 24.2. The lowest BCUT2D eigenvalue weighted by Gasteiger charge is -2.30. The first-order valence-corrected chi connectivity index (χ1v) is 6.49. The number of amides is 1. The van der Waals surface area contributed by atoms with Gasteiger partial charge in [0.15, 0.2) is 0 Å². The van der Waals surface area contributed by atoms with Crippen LogP contribution in [-0.4, -0.2) is 42.5 Å². The fourth-order valence-electron chi connectivity index (χ4n) is 2.18. The lowest BCUT2D eigenvalue weighted by molar-refractivity contribution is -0.188. The molecule has 0 radical (unpaired) electrons. The van der Waals surface area contributed by atoms with Gasteiger partial charge < -0.3 is 15.2 Å². The lowest BCUT2D eigenvalue weighted by atomic mass is 9.92. The SMILES string of the molecule is O=C(CCCO)NC1CCCC(OCC(F)(F)F)C1. The molecule has 1 aliphatic rings. The van der Waals surface area contributed by atoms with Gasteiger partial charge in [-0.2, -0.15) is 13.2 Å². The number of aliphatic hydroxyl groups is 1. The van der Waals surface area contributed by atoms with Crippen LogP contribution in [0.15, 0.2) is 0 Å². The molecule has 2 N–H and O–H groups in total. The van der Waals surface area contributed by atoms with Crippen LogP contribution in [0.2, 0.25) is 0 Å². The van der Waals surface area contributed by atoms with Gasteiger partial charge in [-0.05, 0) is 32.1 Å². The van der Waals surface area contributed by atoms with Gasteiger partial charge in [0.2, 0.25) is 5.91 Å². The van der Waals surface area contributed by atoms with E-state index in [2.05, 4.69) is 5.32 Å². The summed E-state index contributed by atoms with van der Waals surface area (Å²) in [5, 5.41) is 11.4. The van der Waals surface area contributed by atoms with Crippen molar-refractivity contribution < 1.29 is 27.8 Å². The first-order valence-electron chi connectivity index (χ1n) is 6.49. The van der Waals surface area contributed by atoms with E-state index >= 15 is 0 Å². The van der Waals surface area contributed by atoms with Gasteiger partial charge in [-0.3, -0.25) is 4.79 Å². The number of carbonyl (C=O) groups is 1. The molecule has 0 heterocycles. The molecule has 0 spiro atoms. The molecule has 0 aromatic rings. The van der Waals surface area contributed by atoms with Gasteiger partial charge in [0.05, 0.1) is 6.10 Å². The van der Waals surface area contributed by atoms with Gasteiger partial charge in [-0.15, -0.1) is 0 Å². The third-order valence-corrected chi connectivity index (χ3v) is 3.04. The van der Waals surface area contributed by atoms with Crippen molar-refractivity contribution in [2.24, 2.45) is 0 Å². The molecule has 2 atom stereocenters. The monoisotopic (exact) mass is 283 g/mol. The Morgan fingerprint density at radius 2 is 2.11 bits per heavy atom. The van der Waals surface area contributed by atoms with Crippen LogP contribution in [0.25, 0.3) is 0 Å². The summed E-state index contributed by atoms with van der Waals surface area (Å²) in [4.78, 5) is 11.5. The number of hydrogen-bond acceptors (Lipinski definition) is 3. The zero-order chi connectivity index (χ0) is 14.3. The molecule has 0 aliphatic heterocycles. The summed E-state index contributed by atoms with van der Waals surface area (Å²) >= 11 is 0. The molecule has 7 heteroatoms. The number of ether oxygens (including phenoxy) is 1. The molecule has 0 bridgehead atoms. The molecule has 4 nitrogen and oxygen atoms in total. The highest BCUT2D eigenvalue weighted by atomic mass is 19.4. The van der Waals surface area contributed by atoms with Gasteiger partial charge in [0.1, 0.15) is 6.61 Å². The molecule has 19 heavy (non-hydrogen) atoms. The van der Waals surface area contributed by atoms with E-state index in [1.54, 1.807) is 0 Å². The first kappa shape index (κ1) is 16.2. The maximum Gasteiger partial charge on any atom is 0.411 e. The second kappa shape index (κ2) is 7.69. The molecule has 1 saturated carbocycles. The first-order chi connectivity index (χ1) is 8.90. The highest BCUT2D eigenvalue weighted by molar-refractivity contribution is 5.76. The van der Waals surface area contributed by atoms with Crippen molar-refractivity contribution in [1.82, 2.24) is 5.32 Å². The zero-order valence-electron chi connectivity index (χ0n) is 10.7. The van der Waals surface area contributed by atoms with Crippen LogP contribution in [-0.2, 0) is 9.53 Å². The molecule has 2 unspecified atom stereocenters. The molecule has 0 saturated heterocycles. The van der Waals surface area contributed by atoms with Gasteiger partial charge in [0.25, 0.3) is 0 Å². The predicted octanol–water partition coefficient (Wildman–Crippen LogP) is 1.77. The van der Waals surface area contributed by atoms with Crippen LogP contribution in [0.5, 0.6) is 0 Å². The average molecular weight is 283 g/mol. The summed E-state index contributed by atoms with van der Waals surface area (Å²) in [7, 11) is 0. The predicted molar refractivity (Wildman–Crippen MR) is 62.5 cm³/mol. The van der Waals surface area contributed by atoms with E-state index in [1.165, 1.54) is 0 Å². The molecule has 1 rings (SSSR count). The van der Waals surface area contributed by atoms with Crippen LogP contribution in [0, 0.1) is 0 Å². The van der Waals surface area contributed by atoms with Gasteiger partial charge >= 0.3 is 6.18 Å². The van der Waals surface area contributed by atoms with Gasteiger partial charge in [0, 0.05) is 19.1 Å².